The topological polar surface area (TPSA) is 51.6 Å². The van der Waals surface area contributed by atoms with E-state index < -0.39 is 0 Å². The third-order valence-corrected chi connectivity index (χ3v) is 2.42. The van der Waals surface area contributed by atoms with E-state index in [9.17, 15) is 0 Å². The van der Waals surface area contributed by atoms with E-state index in [1.54, 1.807) is 12.3 Å². The van der Waals surface area contributed by atoms with Crippen LogP contribution >= 0.6 is 0 Å². The van der Waals surface area contributed by atoms with Gasteiger partial charge in [-0.1, -0.05) is 0 Å². The second-order valence-electron chi connectivity index (χ2n) is 3.57. The molecular weight excluding hydrogens is 194 g/mol. The molecule has 0 atom stereocenters. The first kappa shape index (κ1) is 10.4. The lowest BCUT2D eigenvalue weighted by atomic mass is 10.1. The maximum atomic E-state index is 8.93. The van der Waals surface area contributed by atoms with E-state index in [0.29, 0.717) is 5.69 Å². The van der Waals surface area contributed by atoms with Gasteiger partial charge in [0.25, 0.3) is 0 Å². The van der Waals surface area contributed by atoms with Crippen LogP contribution in [-0.2, 0) is 11.3 Å². The molecule has 15 heavy (non-hydrogen) atoms. The Morgan fingerprint density at radius 1 is 1.47 bits per heavy atom. The summed E-state index contributed by atoms with van der Waals surface area (Å²) in [6.07, 6.45) is 3.74. The maximum Gasteiger partial charge on any atom is 0.123 e. The van der Waals surface area contributed by atoms with Crippen molar-refractivity contribution in [2.75, 3.05) is 13.2 Å². The van der Waals surface area contributed by atoms with Gasteiger partial charge in [0.15, 0.2) is 0 Å². The van der Waals surface area contributed by atoms with Crippen molar-refractivity contribution in [2.24, 2.45) is 0 Å². The molecule has 4 heteroatoms. The van der Waals surface area contributed by atoms with E-state index in [-0.39, 0.29) is 12.7 Å². The number of aromatic nitrogens is 1. The Labute approximate surface area is 88.9 Å². The number of hydrogen-bond acceptors (Lipinski definition) is 4. The standard InChI is InChI=1S/C11H15NO3/c13-8-9-7-11(1-4-12-9)15-10-2-5-14-6-3-10/h1,4,7,10,13H,2-3,5-6,8H2. The van der Waals surface area contributed by atoms with E-state index in [0.717, 1.165) is 31.8 Å². The number of pyridine rings is 1. The summed E-state index contributed by atoms with van der Waals surface area (Å²) < 4.78 is 11.0. The SMILES string of the molecule is OCc1cc(OC2CCOCC2)ccn1. The Bertz CT molecular complexity index is 310. The lowest BCUT2D eigenvalue weighted by Crippen LogP contribution is -2.25. The third-order valence-electron chi connectivity index (χ3n) is 2.42. The summed E-state index contributed by atoms with van der Waals surface area (Å²) in [7, 11) is 0. The molecule has 1 aliphatic heterocycles. The molecule has 4 nitrogen and oxygen atoms in total. The van der Waals surface area contributed by atoms with Crippen LogP contribution < -0.4 is 4.74 Å². The number of aliphatic hydroxyl groups excluding tert-OH is 1. The molecule has 0 saturated carbocycles. The first-order chi connectivity index (χ1) is 7.38. The Balaban J connectivity index is 1.96. The first-order valence-corrected chi connectivity index (χ1v) is 5.18. The van der Waals surface area contributed by atoms with Crippen molar-refractivity contribution >= 4 is 0 Å². The highest BCUT2D eigenvalue weighted by Gasteiger charge is 2.15. The molecule has 1 aliphatic rings. The lowest BCUT2D eigenvalue weighted by molar-refractivity contribution is 0.0254. The zero-order valence-electron chi connectivity index (χ0n) is 8.56. The molecule has 0 radical (unpaired) electrons. The highest BCUT2D eigenvalue weighted by atomic mass is 16.5. The van der Waals surface area contributed by atoms with E-state index in [1.807, 2.05) is 6.07 Å². The molecule has 2 rings (SSSR count). The fourth-order valence-electron chi connectivity index (χ4n) is 1.60. The molecule has 0 unspecified atom stereocenters. The van der Waals surface area contributed by atoms with Gasteiger partial charge in [-0.25, -0.2) is 0 Å². The number of nitrogens with zero attached hydrogens (tertiary/aromatic N) is 1. The van der Waals surface area contributed by atoms with Crippen LogP contribution in [0.5, 0.6) is 5.75 Å². The minimum Gasteiger partial charge on any atom is -0.490 e. The van der Waals surface area contributed by atoms with Crippen LogP contribution in [0.3, 0.4) is 0 Å². The van der Waals surface area contributed by atoms with Crippen LogP contribution in [0.25, 0.3) is 0 Å². The Morgan fingerprint density at radius 2 is 2.27 bits per heavy atom. The summed E-state index contributed by atoms with van der Waals surface area (Å²) in [5.41, 5.74) is 0.638. The molecule has 1 aromatic rings. The van der Waals surface area contributed by atoms with Crippen molar-refractivity contribution in [3.63, 3.8) is 0 Å². The van der Waals surface area contributed by atoms with Crippen molar-refractivity contribution in [1.29, 1.82) is 0 Å². The molecular formula is C11H15NO3. The molecule has 0 spiro atoms. The monoisotopic (exact) mass is 209 g/mol. The van der Waals surface area contributed by atoms with Crippen molar-refractivity contribution in [2.45, 2.75) is 25.6 Å². The molecule has 1 saturated heterocycles. The summed E-state index contributed by atoms with van der Waals surface area (Å²) >= 11 is 0. The van der Waals surface area contributed by atoms with Gasteiger partial charge in [0, 0.05) is 25.1 Å². The zero-order chi connectivity index (χ0) is 10.5. The highest BCUT2D eigenvalue weighted by Crippen LogP contribution is 2.17. The van der Waals surface area contributed by atoms with Crippen LogP contribution in [0, 0.1) is 0 Å². The molecule has 82 valence electrons. The summed E-state index contributed by atoms with van der Waals surface area (Å²) in [6.45, 7) is 1.48. The van der Waals surface area contributed by atoms with Crippen molar-refractivity contribution in [3.8, 4) is 5.75 Å². The molecule has 1 aromatic heterocycles. The predicted octanol–water partition coefficient (Wildman–Crippen LogP) is 1.13. The van der Waals surface area contributed by atoms with Gasteiger partial charge in [0.2, 0.25) is 0 Å². The molecule has 0 aromatic carbocycles. The number of hydrogen-bond donors (Lipinski definition) is 1. The quantitative estimate of drug-likeness (QED) is 0.810. The van der Waals surface area contributed by atoms with Crippen LogP contribution in [-0.4, -0.2) is 29.4 Å². The van der Waals surface area contributed by atoms with Gasteiger partial charge >= 0.3 is 0 Å². The molecule has 0 amide bonds. The van der Waals surface area contributed by atoms with Gasteiger partial charge in [0.1, 0.15) is 11.9 Å². The van der Waals surface area contributed by atoms with Gasteiger partial charge < -0.3 is 14.6 Å². The van der Waals surface area contributed by atoms with Crippen LogP contribution in [0.15, 0.2) is 18.3 Å². The molecule has 2 heterocycles. The third kappa shape index (κ3) is 2.91. The average molecular weight is 209 g/mol. The maximum absolute atomic E-state index is 8.93. The van der Waals surface area contributed by atoms with Gasteiger partial charge in [-0.15, -0.1) is 0 Å². The molecule has 0 bridgehead atoms. The minimum atomic E-state index is -0.0506. The second kappa shape index (κ2) is 5.09. The van der Waals surface area contributed by atoms with Crippen molar-refractivity contribution in [1.82, 2.24) is 4.98 Å². The van der Waals surface area contributed by atoms with Gasteiger partial charge in [-0.3, -0.25) is 4.98 Å². The van der Waals surface area contributed by atoms with E-state index in [2.05, 4.69) is 4.98 Å². The normalized spacial score (nSPS) is 17.7. The fraction of sp³-hybridized carbons (Fsp3) is 0.545. The zero-order valence-corrected chi connectivity index (χ0v) is 8.56. The smallest absolute Gasteiger partial charge is 0.123 e. The molecule has 0 aliphatic carbocycles. The Kier molecular flexibility index (Phi) is 3.53. The molecule has 1 fully saturated rings. The van der Waals surface area contributed by atoms with Gasteiger partial charge in [-0.05, 0) is 6.07 Å². The average Bonchev–Trinajstić information content (AvgIpc) is 2.31. The van der Waals surface area contributed by atoms with Crippen LogP contribution in [0.2, 0.25) is 0 Å². The Hall–Kier alpha value is -1.13. The summed E-state index contributed by atoms with van der Waals surface area (Å²) in [4.78, 5) is 4.00. The highest BCUT2D eigenvalue weighted by molar-refractivity contribution is 5.22. The van der Waals surface area contributed by atoms with Gasteiger partial charge in [0.05, 0.1) is 25.5 Å². The second-order valence-corrected chi connectivity index (χ2v) is 3.57. The minimum absolute atomic E-state index is 0.0506. The molecule has 1 N–H and O–H groups in total. The van der Waals surface area contributed by atoms with E-state index in [1.165, 1.54) is 0 Å². The largest absolute Gasteiger partial charge is 0.490 e. The number of aliphatic hydroxyl groups is 1. The van der Waals surface area contributed by atoms with Gasteiger partial charge in [-0.2, -0.15) is 0 Å². The van der Waals surface area contributed by atoms with Crippen molar-refractivity contribution in [3.05, 3.63) is 24.0 Å². The van der Waals surface area contributed by atoms with Crippen molar-refractivity contribution < 1.29 is 14.6 Å². The summed E-state index contributed by atoms with van der Waals surface area (Å²) in [6, 6.07) is 3.59. The first-order valence-electron chi connectivity index (χ1n) is 5.18. The predicted molar refractivity (Wildman–Crippen MR) is 54.6 cm³/mol. The summed E-state index contributed by atoms with van der Waals surface area (Å²) in [5, 5.41) is 8.93. The fourth-order valence-corrected chi connectivity index (χ4v) is 1.60. The van der Waals surface area contributed by atoms with Crippen LogP contribution in [0.1, 0.15) is 18.5 Å². The van der Waals surface area contributed by atoms with Crippen LogP contribution in [0.4, 0.5) is 0 Å². The van der Waals surface area contributed by atoms with E-state index >= 15 is 0 Å². The summed E-state index contributed by atoms with van der Waals surface area (Å²) in [5.74, 6) is 0.779. The Morgan fingerprint density at radius 3 is 3.00 bits per heavy atom. The lowest BCUT2D eigenvalue weighted by Gasteiger charge is -2.23. The number of ether oxygens (including phenoxy) is 2. The number of rotatable bonds is 3. The van der Waals surface area contributed by atoms with E-state index in [4.69, 9.17) is 14.6 Å².